The fourth-order valence-electron chi connectivity index (χ4n) is 3.73. The van der Waals surface area contributed by atoms with E-state index in [1.165, 1.54) is 18.3 Å². The SMILES string of the molecule is NC(=O)c1cnc(Nc2ccc(N3CCN(CCO)CC3)cc2)nc1NC1CCC1. The van der Waals surface area contributed by atoms with Crippen LogP contribution in [0.5, 0.6) is 0 Å². The van der Waals surface area contributed by atoms with Crippen LogP contribution >= 0.6 is 0 Å². The molecule has 2 fully saturated rings. The normalized spacial score (nSPS) is 17.4. The lowest BCUT2D eigenvalue weighted by Crippen LogP contribution is -2.47. The summed E-state index contributed by atoms with van der Waals surface area (Å²) in [5, 5.41) is 15.6. The third-order valence-electron chi connectivity index (χ3n) is 5.78. The van der Waals surface area contributed by atoms with Crippen LogP contribution < -0.4 is 21.3 Å². The maximum Gasteiger partial charge on any atom is 0.254 e. The summed E-state index contributed by atoms with van der Waals surface area (Å²) < 4.78 is 0. The number of anilines is 4. The van der Waals surface area contributed by atoms with Crippen molar-refractivity contribution in [2.24, 2.45) is 5.73 Å². The number of carbonyl (C=O) groups excluding carboxylic acids is 1. The van der Waals surface area contributed by atoms with Crippen LogP contribution in [-0.2, 0) is 0 Å². The number of nitrogens with zero attached hydrogens (tertiary/aromatic N) is 4. The van der Waals surface area contributed by atoms with E-state index in [2.05, 4.69) is 42.5 Å². The monoisotopic (exact) mass is 411 g/mol. The molecule has 2 aromatic rings. The molecule has 1 saturated carbocycles. The molecule has 4 rings (SSSR count). The first-order valence-corrected chi connectivity index (χ1v) is 10.5. The largest absolute Gasteiger partial charge is 0.395 e. The fraction of sp³-hybridized carbons (Fsp3) is 0.476. The number of aliphatic hydroxyl groups is 1. The van der Waals surface area contributed by atoms with Crippen molar-refractivity contribution in [3.05, 3.63) is 36.0 Å². The Morgan fingerprint density at radius 3 is 2.50 bits per heavy atom. The van der Waals surface area contributed by atoms with Crippen molar-refractivity contribution in [1.82, 2.24) is 14.9 Å². The zero-order valence-corrected chi connectivity index (χ0v) is 17.0. The Morgan fingerprint density at radius 2 is 1.90 bits per heavy atom. The highest BCUT2D eigenvalue weighted by Crippen LogP contribution is 2.26. The number of primary amides is 1. The maximum atomic E-state index is 11.7. The minimum atomic E-state index is -0.535. The first kappa shape index (κ1) is 20.4. The molecule has 2 heterocycles. The van der Waals surface area contributed by atoms with Crippen molar-refractivity contribution < 1.29 is 9.90 Å². The summed E-state index contributed by atoms with van der Waals surface area (Å²) in [5.74, 6) is 0.376. The highest BCUT2D eigenvalue weighted by molar-refractivity contribution is 5.97. The Hall–Kier alpha value is -2.91. The number of aliphatic hydroxyl groups excluding tert-OH is 1. The number of benzene rings is 1. The lowest BCUT2D eigenvalue weighted by molar-refractivity contribution is 0.100. The summed E-state index contributed by atoms with van der Waals surface area (Å²) in [6.45, 7) is 4.75. The molecule has 5 N–H and O–H groups in total. The lowest BCUT2D eigenvalue weighted by Gasteiger charge is -2.35. The van der Waals surface area contributed by atoms with Crippen LogP contribution in [-0.4, -0.2) is 71.3 Å². The number of hydrogen-bond donors (Lipinski definition) is 4. The van der Waals surface area contributed by atoms with Crippen molar-refractivity contribution in [2.45, 2.75) is 25.3 Å². The number of carbonyl (C=O) groups is 1. The molecule has 0 unspecified atom stereocenters. The van der Waals surface area contributed by atoms with E-state index in [1.807, 2.05) is 12.1 Å². The summed E-state index contributed by atoms with van der Waals surface area (Å²) in [7, 11) is 0. The Kier molecular flexibility index (Phi) is 6.29. The van der Waals surface area contributed by atoms with Gasteiger partial charge in [0, 0.05) is 56.3 Å². The van der Waals surface area contributed by atoms with E-state index in [0.29, 0.717) is 23.4 Å². The van der Waals surface area contributed by atoms with Gasteiger partial charge in [0.1, 0.15) is 5.82 Å². The van der Waals surface area contributed by atoms with Crippen LogP contribution in [0, 0.1) is 0 Å². The Morgan fingerprint density at radius 1 is 1.17 bits per heavy atom. The number of nitrogens with two attached hydrogens (primary N) is 1. The van der Waals surface area contributed by atoms with Gasteiger partial charge >= 0.3 is 0 Å². The first-order chi connectivity index (χ1) is 14.6. The molecule has 0 radical (unpaired) electrons. The van der Waals surface area contributed by atoms with Gasteiger partial charge in [0.2, 0.25) is 5.95 Å². The highest BCUT2D eigenvalue weighted by atomic mass is 16.3. The second kappa shape index (κ2) is 9.27. The number of nitrogens with one attached hydrogen (secondary N) is 2. The third kappa shape index (κ3) is 4.80. The fourth-order valence-corrected chi connectivity index (χ4v) is 3.73. The molecule has 1 aliphatic carbocycles. The van der Waals surface area contributed by atoms with E-state index in [0.717, 1.165) is 51.3 Å². The van der Waals surface area contributed by atoms with Gasteiger partial charge in [-0.15, -0.1) is 0 Å². The Bertz CT molecular complexity index is 862. The van der Waals surface area contributed by atoms with Gasteiger partial charge < -0.3 is 26.4 Å². The molecule has 1 aliphatic heterocycles. The second-order valence-corrected chi connectivity index (χ2v) is 7.82. The molecule has 1 aromatic heterocycles. The molecular weight excluding hydrogens is 382 g/mol. The zero-order valence-electron chi connectivity index (χ0n) is 17.0. The molecule has 160 valence electrons. The predicted molar refractivity (Wildman–Crippen MR) is 117 cm³/mol. The Labute approximate surface area is 176 Å². The lowest BCUT2D eigenvalue weighted by atomic mass is 9.93. The summed E-state index contributed by atoms with van der Waals surface area (Å²) in [6, 6.07) is 8.49. The van der Waals surface area contributed by atoms with Gasteiger partial charge in [0.25, 0.3) is 5.91 Å². The minimum Gasteiger partial charge on any atom is -0.395 e. The second-order valence-electron chi connectivity index (χ2n) is 7.82. The van der Waals surface area contributed by atoms with E-state index in [9.17, 15) is 4.79 Å². The molecular formula is C21H29N7O2. The zero-order chi connectivity index (χ0) is 20.9. The third-order valence-corrected chi connectivity index (χ3v) is 5.78. The molecule has 30 heavy (non-hydrogen) atoms. The van der Waals surface area contributed by atoms with Gasteiger partial charge in [-0.2, -0.15) is 4.98 Å². The molecule has 1 amide bonds. The van der Waals surface area contributed by atoms with Gasteiger partial charge in [-0.25, -0.2) is 4.98 Å². The standard InChI is InChI=1S/C21H29N7O2/c22-19(30)18-14-23-21(26-20(18)24-15-2-1-3-15)25-16-4-6-17(7-5-16)28-10-8-27(9-11-28)12-13-29/h4-7,14-15,29H,1-3,8-13H2,(H2,22,30)(H2,23,24,25,26). The number of β-amino-alcohol motifs (C(OH)–C–C–N with tert-alkyl or cyclic N) is 1. The maximum absolute atomic E-state index is 11.7. The average Bonchev–Trinajstić information content (AvgIpc) is 2.72. The quantitative estimate of drug-likeness (QED) is 0.515. The van der Waals surface area contributed by atoms with Crippen LogP contribution in [0.1, 0.15) is 29.6 Å². The molecule has 0 bridgehead atoms. The van der Waals surface area contributed by atoms with Gasteiger partial charge in [0.15, 0.2) is 0 Å². The molecule has 1 saturated heterocycles. The number of amides is 1. The van der Waals surface area contributed by atoms with E-state index in [1.54, 1.807) is 0 Å². The topological polar surface area (TPSA) is 120 Å². The molecule has 0 atom stereocenters. The molecule has 2 aliphatic rings. The van der Waals surface area contributed by atoms with Crippen LogP contribution in [0.25, 0.3) is 0 Å². The first-order valence-electron chi connectivity index (χ1n) is 10.5. The summed E-state index contributed by atoms with van der Waals surface area (Å²) in [5.41, 5.74) is 7.82. The molecule has 0 spiro atoms. The van der Waals surface area contributed by atoms with Gasteiger partial charge in [-0.1, -0.05) is 0 Å². The number of hydrogen-bond acceptors (Lipinski definition) is 8. The summed E-state index contributed by atoms with van der Waals surface area (Å²) in [6.07, 6.45) is 4.79. The molecule has 1 aromatic carbocycles. The summed E-state index contributed by atoms with van der Waals surface area (Å²) in [4.78, 5) is 25.0. The van der Waals surface area contributed by atoms with Crippen LogP contribution in [0.3, 0.4) is 0 Å². The van der Waals surface area contributed by atoms with Gasteiger partial charge in [-0.05, 0) is 43.5 Å². The van der Waals surface area contributed by atoms with Crippen LogP contribution in [0.15, 0.2) is 30.5 Å². The predicted octanol–water partition coefficient (Wildman–Crippen LogP) is 1.40. The summed E-state index contributed by atoms with van der Waals surface area (Å²) >= 11 is 0. The van der Waals surface area contributed by atoms with Crippen molar-refractivity contribution in [3.8, 4) is 0 Å². The minimum absolute atomic E-state index is 0.209. The average molecular weight is 412 g/mol. The van der Waals surface area contributed by atoms with Gasteiger partial charge in [-0.3, -0.25) is 9.69 Å². The highest BCUT2D eigenvalue weighted by Gasteiger charge is 2.21. The van der Waals surface area contributed by atoms with Crippen molar-refractivity contribution in [1.29, 1.82) is 0 Å². The number of rotatable bonds is 8. The van der Waals surface area contributed by atoms with E-state index in [-0.39, 0.29) is 6.61 Å². The van der Waals surface area contributed by atoms with Crippen LogP contribution in [0.2, 0.25) is 0 Å². The van der Waals surface area contributed by atoms with Gasteiger partial charge in [0.05, 0.1) is 12.2 Å². The molecule has 9 heteroatoms. The smallest absolute Gasteiger partial charge is 0.254 e. The van der Waals surface area contributed by atoms with Crippen molar-refractivity contribution >= 4 is 29.0 Å². The van der Waals surface area contributed by atoms with E-state index in [4.69, 9.17) is 10.8 Å². The van der Waals surface area contributed by atoms with Crippen molar-refractivity contribution in [3.63, 3.8) is 0 Å². The number of piperazine rings is 1. The van der Waals surface area contributed by atoms with Crippen molar-refractivity contribution in [2.75, 3.05) is 54.9 Å². The molecule has 9 nitrogen and oxygen atoms in total. The Balaban J connectivity index is 1.40. The number of aromatic nitrogens is 2. The van der Waals surface area contributed by atoms with E-state index >= 15 is 0 Å². The van der Waals surface area contributed by atoms with Crippen LogP contribution in [0.4, 0.5) is 23.1 Å². The van der Waals surface area contributed by atoms with E-state index < -0.39 is 5.91 Å².